The van der Waals surface area contributed by atoms with Crippen LogP contribution in [0.15, 0.2) is 22.5 Å². The second-order valence-corrected chi connectivity index (χ2v) is 7.25. The quantitative estimate of drug-likeness (QED) is 0.649. The Morgan fingerprint density at radius 1 is 1.48 bits per heavy atom. The molecule has 1 atom stereocenters. The Labute approximate surface area is 132 Å². The summed E-state index contributed by atoms with van der Waals surface area (Å²) in [6, 6.07) is 5.03. The third kappa shape index (κ3) is 5.00. The van der Waals surface area contributed by atoms with Gasteiger partial charge >= 0.3 is 0 Å². The standard InChI is InChI=1S/C16H28N4S/c1-12(2)19-16(17)18-11-14(15-5-4-10-21-15)20-8-6-13(3)7-9-20/h4-5,10,12-14H,6-9,11H2,1-3H3,(H3,17,18,19). The second kappa shape index (κ2) is 7.80. The van der Waals surface area contributed by atoms with Gasteiger partial charge in [0, 0.05) is 10.9 Å². The molecule has 0 spiro atoms. The molecule has 0 radical (unpaired) electrons. The van der Waals surface area contributed by atoms with E-state index in [-0.39, 0.29) is 0 Å². The smallest absolute Gasteiger partial charge is 0.188 e. The van der Waals surface area contributed by atoms with Crippen molar-refractivity contribution in [1.82, 2.24) is 10.2 Å². The van der Waals surface area contributed by atoms with Crippen molar-refractivity contribution in [3.8, 4) is 0 Å². The Kier molecular flexibility index (Phi) is 6.06. The predicted molar refractivity (Wildman–Crippen MR) is 91.8 cm³/mol. The molecule has 1 aromatic heterocycles. The Bertz CT molecular complexity index is 433. The Morgan fingerprint density at radius 2 is 2.19 bits per heavy atom. The first-order chi connectivity index (χ1) is 10.1. The van der Waals surface area contributed by atoms with E-state index in [1.165, 1.54) is 17.7 Å². The molecule has 0 amide bonds. The molecule has 0 aromatic carbocycles. The highest BCUT2D eigenvalue weighted by atomic mass is 32.1. The van der Waals surface area contributed by atoms with Crippen molar-refractivity contribution >= 4 is 17.3 Å². The van der Waals surface area contributed by atoms with E-state index >= 15 is 0 Å². The lowest BCUT2D eigenvalue weighted by atomic mass is 9.97. The number of piperidine rings is 1. The monoisotopic (exact) mass is 308 g/mol. The number of rotatable bonds is 5. The summed E-state index contributed by atoms with van der Waals surface area (Å²) in [4.78, 5) is 8.52. The van der Waals surface area contributed by atoms with Crippen LogP contribution in [-0.4, -0.2) is 36.5 Å². The van der Waals surface area contributed by atoms with E-state index in [0.717, 1.165) is 25.6 Å². The molecule has 0 aliphatic carbocycles. The normalized spacial score (nSPS) is 19.9. The third-order valence-corrected chi connectivity index (χ3v) is 4.98. The molecule has 3 N–H and O–H groups in total. The minimum Gasteiger partial charge on any atom is -0.370 e. The van der Waals surface area contributed by atoms with Crippen molar-refractivity contribution in [3.63, 3.8) is 0 Å². The maximum absolute atomic E-state index is 5.95. The molecule has 1 fully saturated rings. The summed E-state index contributed by atoms with van der Waals surface area (Å²) in [5, 5.41) is 5.31. The lowest BCUT2D eigenvalue weighted by Crippen LogP contribution is -2.39. The highest BCUT2D eigenvalue weighted by Crippen LogP contribution is 2.29. The van der Waals surface area contributed by atoms with Gasteiger partial charge in [0.05, 0.1) is 12.6 Å². The molecule has 118 valence electrons. The fraction of sp³-hybridized carbons (Fsp3) is 0.688. The van der Waals surface area contributed by atoms with E-state index in [1.54, 1.807) is 0 Å². The van der Waals surface area contributed by atoms with Crippen LogP contribution >= 0.6 is 11.3 Å². The number of likely N-dealkylation sites (tertiary alicyclic amines) is 1. The van der Waals surface area contributed by atoms with Gasteiger partial charge in [-0.25, -0.2) is 0 Å². The van der Waals surface area contributed by atoms with Crippen LogP contribution in [0.1, 0.15) is 44.5 Å². The average Bonchev–Trinajstić information content (AvgIpc) is 2.94. The Balaban J connectivity index is 2.03. The average molecular weight is 308 g/mol. The Hall–Kier alpha value is -1.07. The van der Waals surface area contributed by atoms with Crippen LogP contribution in [0.3, 0.4) is 0 Å². The van der Waals surface area contributed by atoms with Crippen LogP contribution in [0.4, 0.5) is 0 Å². The summed E-state index contributed by atoms with van der Waals surface area (Å²) in [6.45, 7) is 9.56. The van der Waals surface area contributed by atoms with Gasteiger partial charge in [0.15, 0.2) is 5.96 Å². The minimum absolute atomic E-state index is 0.324. The van der Waals surface area contributed by atoms with Crippen molar-refractivity contribution in [1.29, 1.82) is 0 Å². The van der Waals surface area contributed by atoms with Crippen LogP contribution in [0.2, 0.25) is 0 Å². The van der Waals surface area contributed by atoms with E-state index in [2.05, 4.69) is 53.5 Å². The molecule has 1 unspecified atom stereocenters. The van der Waals surface area contributed by atoms with Gasteiger partial charge in [-0.15, -0.1) is 11.3 Å². The molecule has 1 aromatic rings. The van der Waals surface area contributed by atoms with Crippen molar-refractivity contribution in [2.45, 2.75) is 45.7 Å². The largest absolute Gasteiger partial charge is 0.370 e. The van der Waals surface area contributed by atoms with Crippen molar-refractivity contribution in [3.05, 3.63) is 22.4 Å². The zero-order chi connectivity index (χ0) is 15.2. The van der Waals surface area contributed by atoms with E-state index in [4.69, 9.17) is 5.73 Å². The lowest BCUT2D eigenvalue weighted by Gasteiger charge is -2.35. The van der Waals surface area contributed by atoms with Crippen molar-refractivity contribution < 1.29 is 0 Å². The maximum Gasteiger partial charge on any atom is 0.188 e. The fourth-order valence-corrected chi connectivity index (χ4v) is 3.58. The lowest BCUT2D eigenvalue weighted by molar-refractivity contribution is 0.143. The van der Waals surface area contributed by atoms with Gasteiger partial charge in [0.25, 0.3) is 0 Å². The van der Waals surface area contributed by atoms with Crippen LogP contribution < -0.4 is 11.1 Å². The molecule has 1 saturated heterocycles. The summed E-state index contributed by atoms with van der Waals surface area (Å²) in [5.41, 5.74) is 5.95. The van der Waals surface area contributed by atoms with E-state index in [1.807, 2.05) is 11.3 Å². The number of aliphatic imine (C=N–C) groups is 1. The van der Waals surface area contributed by atoms with Gasteiger partial charge in [-0.1, -0.05) is 13.0 Å². The summed E-state index contributed by atoms with van der Waals surface area (Å²) >= 11 is 1.82. The zero-order valence-corrected chi connectivity index (χ0v) is 14.2. The molecule has 5 heteroatoms. The van der Waals surface area contributed by atoms with Crippen LogP contribution in [-0.2, 0) is 0 Å². The van der Waals surface area contributed by atoms with Crippen LogP contribution in [0.25, 0.3) is 0 Å². The fourth-order valence-electron chi connectivity index (χ4n) is 2.73. The second-order valence-electron chi connectivity index (χ2n) is 6.27. The molecule has 2 rings (SSSR count). The molecule has 2 heterocycles. The van der Waals surface area contributed by atoms with Gasteiger partial charge in [0.2, 0.25) is 0 Å². The van der Waals surface area contributed by atoms with Gasteiger partial charge in [-0.3, -0.25) is 9.89 Å². The number of nitrogens with zero attached hydrogens (tertiary/aromatic N) is 2. The van der Waals surface area contributed by atoms with Gasteiger partial charge in [-0.2, -0.15) is 0 Å². The summed E-state index contributed by atoms with van der Waals surface area (Å²) in [7, 11) is 0. The molecule has 1 aliphatic rings. The molecule has 1 aliphatic heterocycles. The summed E-state index contributed by atoms with van der Waals surface area (Å²) < 4.78 is 0. The van der Waals surface area contributed by atoms with E-state index in [9.17, 15) is 0 Å². The molecule has 0 bridgehead atoms. The number of nitrogens with one attached hydrogen (secondary N) is 1. The van der Waals surface area contributed by atoms with Gasteiger partial charge in [0.1, 0.15) is 0 Å². The molecule has 0 saturated carbocycles. The number of hydrogen-bond donors (Lipinski definition) is 2. The summed E-state index contributed by atoms with van der Waals surface area (Å²) in [5.74, 6) is 1.40. The number of nitrogens with two attached hydrogens (primary N) is 1. The first-order valence-corrected chi connectivity index (χ1v) is 8.78. The van der Waals surface area contributed by atoms with Gasteiger partial charge in [-0.05, 0) is 57.1 Å². The first-order valence-electron chi connectivity index (χ1n) is 7.90. The first kappa shape index (κ1) is 16.3. The predicted octanol–water partition coefficient (Wildman–Crippen LogP) is 2.83. The van der Waals surface area contributed by atoms with E-state index < -0.39 is 0 Å². The summed E-state index contributed by atoms with van der Waals surface area (Å²) in [6.07, 6.45) is 2.57. The highest BCUT2D eigenvalue weighted by Gasteiger charge is 2.25. The highest BCUT2D eigenvalue weighted by molar-refractivity contribution is 7.10. The molecule has 4 nitrogen and oxygen atoms in total. The van der Waals surface area contributed by atoms with Crippen LogP contribution in [0, 0.1) is 5.92 Å². The zero-order valence-electron chi connectivity index (χ0n) is 13.4. The molecular weight excluding hydrogens is 280 g/mol. The van der Waals surface area contributed by atoms with Crippen molar-refractivity contribution in [2.75, 3.05) is 19.6 Å². The van der Waals surface area contributed by atoms with E-state index in [0.29, 0.717) is 18.0 Å². The Morgan fingerprint density at radius 3 is 2.76 bits per heavy atom. The number of hydrogen-bond acceptors (Lipinski definition) is 3. The maximum atomic E-state index is 5.95. The van der Waals surface area contributed by atoms with Gasteiger partial charge < -0.3 is 11.1 Å². The van der Waals surface area contributed by atoms with Crippen molar-refractivity contribution in [2.24, 2.45) is 16.6 Å². The number of thiophene rings is 1. The topological polar surface area (TPSA) is 53.6 Å². The molecular formula is C16H28N4S. The SMILES string of the molecule is CC1CCN(C(CN=C(N)NC(C)C)c2cccs2)CC1. The third-order valence-electron chi connectivity index (χ3n) is 4.00. The van der Waals surface area contributed by atoms with Crippen LogP contribution in [0.5, 0.6) is 0 Å². The number of guanidine groups is 1. The minimum atomic E-state index is 0.324. The molecule has 21 heavy (non-hydrogen) atoms.